The maximum atomic E-state index is 13.0. The molecular formula is C23H31FN4O2. The Morgan fingerprint density at radius 2 is 1.80 bits per heavy atom. The summed E-state index contributed by atoms with van der Waals surface area (Å²) in [5.41, 5.74) is 7.61. The van der Waals surface area contributed by atoms with Gasteiger partial charge in [0.25, 0.3) is 0 Å². The average molecular weight is 415 g/mol. The number of anilines is 3. The molecule has 0 bridgehead atoms. The Labute approximate surface area is 177 Å². The highest BCUT2D eigenvalue weighted by Gasteiger charge is 2.31. The third kappa shape index (κ3) is 6.08. The lowest BCUT2D eigenvalue weighted by Gasteiger charge is -2.36. The maximum absolute atomic E-state index is 13.0. The highest BCUT2D eigenvalue weighted by molar-refractivity contribution is 5.88. The molecule has 0 unspecified atom stereocenters. The third-order valence-corrected chi connectivity index (χ3v) is 5.72. The number of hydrogen-bond acceptors (Lipinski definition) is 5. The van der Waals surface area contributed by atoms with Gasteiger partial charge in [-0.15, -0.1) is 0 Å². The van der Waals surface area contributed by atoms with Gasteiger partial charge >= 0.3 is 6.09 Å². The number of aromatic nitrogens is 1. The van der Waals surface area contributed by atoms with E-state index in [0.29, 0.717) is 29.4 Å². The number of ether oxygens (including phenoxy) is 1. The summed E-state index contributed by atoms with van der Waals surface area (Å²) in [7, 11) is 0. The fourth-order valence-electron chi connectivity index (χ4n) is 3.81. The molecule has 1 fully saturated rings. The summed E-state index contributed by atoms with van der Waals surface area (Å²) in [6.07, 6.45) is 3.34. The first-order valence-electron chi connectivity index (χ1n) is 10.4. The van der Waals surface area contributed by atoms with Crippen molar-refractivity contribution in [3.05, 3.63) is 47.8 Å². The minimum absolute atomic E-state index is 0.0607. The van der Waals surface area contributed by atoms with E-state index in [2.05, 4.69) is 36.4 Å². The van der Waals surface area contributed by atoms with Gasteiger partial charge < -0.3 is 15.8 Å². The Kier molecular flexibility index (Phi) is 6.80. The van der Waals surface area contributed by atoms with Crippen molar-refractivity contribution in [1.82, 2.24) is 4.98 Å². The van der Waals surface area contributed by atoms with E-state index in [1.807, 2.05) is 0 Å². The van der Waals surface area contributed by atoms with E-state index in [9.17, 15) is 9.18 Å². The van der Waals surface area contributed by atoms with Gasteiger partial charge in [0, 0.05) is 6.54 Å². The van der Waals surface area contributed by atoms with Gasteiger partial charge in [-0.1, -0.05) is 32.9 Å². The van der Waals surface area contributed by atoms with Crippen molar-refractivity contribution in [2.75, 3.05) is 16.4 Å². The van der Waals surface area contributed by atoms with Crippen LogP contribution < -0.4 is 16.4 Å². The second-order valence-electron chi connectivity index (χ2n) is 8.98. The minimum atomic E-state index is -0.505. The van der Waals surface area contributed by atoms with E-state index in [1.165, 1.54) is 12.1 Å². The zero-order valence-corrected chi connectivity index (χ0v) is 17.9. The van der Waals surface area contributed by atoms with Crippen LogP contribution in [0.1, 0.15) is 52.0 Å². The van der Waals surface area contributed by atoms with Gasteiger partial charge in [-0.2, -0.15) is 0 Å². The van der Waals surface area contributed by atoms with Crippen molar-refractivity contribution in [1.29, 1.82) is 0 Å². The summed E-state index contributed by atoms with van der Waals surface area (Å²) in [5.74, 6) is 1.16. The van der Waals surface area contributed by atoms with Crippen molar-refractivity contribution in [2.45, 2.75) is 59.1 Å². The molecule has 30 heavy (non-hydrogen) atoms. The molecule has 162 valence electrons. The molecule has 0 saturated heterocycles. The molecule has 0 radical (unpaired) electrons. The van der Waals surface area contributed by atoms with Crippen molar-refractivity contribution in [3.8, 4) is 0 Å². The number of nitrogen functional groups attached to an aromatic ring is 1. The predicted octanol–water partition coefficient (Wildman–Crippen LogP) is 5.57. The largest absolute Gasteiger partial charge is 0.446 e. The number of rotatable bonds is 5. The second kappa shape index (κ2) is 9.32. The molecule has 1 saturated carbocycles. The summed E-state index contributed by atoms with van der Waals surface area (Å²) in [6, 6.07) is 9.64. The number of nitrogens with zero attached hydrogens (tertiary/aromatic N) is 1. The fraction of sp³-hybridized carbons (Fsp3) is 0.478. The summed E-state index contributed by atoms with van der Waals surface area (Å²) in [4.78, 5) is 16.5. The summed E-state index contributed by atoms with van der Waals surface area (Å²) < 4.78 is 18.5. The lowest BCUT2D eigenvalue weighted by atomic mass is 9.72. The number of benzene rings is 1. The second-order valence-corrected chi connectivity index (χ2v) is 8.98. The fourth-order valence-corrected chi connectivity index (χ4v) is 3.81. The number of hydrogen-bond donors (Lipinski definition) is 3. The van der Waals surface area contributed by atoms with Crippen LogP contribution in [0.2, 0.25) is 0 Å². The van der Waals surface area contributed by atoms with Crippen LogP contribution in [0, 0.1) is 17.2 Å². The van der Waals surface area contributed by atoms with E-state index in [0.717, 1.165) is 31.2 Å². The van der Waals surface area contributed by atoms with Crippen LogP contribution in [0.15, 0.2) is 36.4 Å². The van der Waals surface area contributed by atoms with E-state index in [4.69, 9.17) is 10.5 Å². The maximum Gasteiger partial charge on any atom is 0.412 e. The number of carbonyl (C=O) groups excluding carboxylic acids is 1. The van der Waals surface area contributed by atoms with Gasteiger partial charge in [0.2, 0.25) is 0 Å². The molecule has 6 nitrogen and oxygen atoms in total. The van der Waals surface area contributed by atoms with Crippen LogP contribution >= 0.6 is 0 Å². The predicted molar refractivity (Wildman–Crippen MR) is 118 cm³/mol. The van der Waals surface area contributed by atoms with Crippen molar-refractivity contribution < 1.29 is 13.9 Å². The minimum Gasteiger partial charge on any atom is -0.446 e. The normalized spacial score (nSPS) is 19.2. The first kappa shape index (κ1) is 21.9. The molecule has 1 aliphatic rings. The molecule has 3 rings (SSSR count). The molecule has 0 aliphatic heterocycles. The molecule has 7 heteroatoms. The molecule has 0 spiro atoms. The van der Waals surface area contributed by atoms with E-state index in [1.54, 1.807) is 24.3 Å². The number of carbonyl (C=O) groups is 1. The molecular weight excluding hydrogens is 383 g/mol. The van der Waals surface area contributed by atoms with Crippen LogP contribution in [-0.2, 0) is 11.3 Å². The molecule has 2 aromatic rings. The first-order chi connectivity index (χ1) is 14.2. The molecule has 1 heterocycles. The molecule has 1 amide bonds. The van der Waals surface area contributed by atoms with Gasteiger partial charge in [0.15, 0.2) is 0 Å². The van der Waals surface area contributed by atoms with Crippen LogP contribution in [0.5, 0.6) is 0 Å². The highest BCUT2D eigenvalue weighted by atomic mass is 19.1. The number of nitrogens with one attached hydrogen (secondary N) is 2. The zero-order chi connectivity index (χ0) is 21.7. The number of pyridine rings is 1. The quantitative estimate of drug-likeness (QED) is 0.595. The Balaban J connectivity index is 1.48. The molecule has 1 aromatic carbocycles. The van der Waals surface area contributed by atoms with E-state index < -0.39 is 6.09 Å². The molecule has 4 N–H and O–H groups in total. The van der Waals surface area contributed by atoms with E-state index in [-0.39, 0.29) is 17.7 Å². The van der Waals surface area contributed by atoms with Gasteiger partial charge in [0.1, 0.15) is 23.6 Å². The van der Waals surface area contributed by atoms with Crippen molar-refractivity contribution >= 4 is 23.4 Å². The van der Waals surface area contributed by atoms with Gasteiger partial charge in [-0.3, -0.25) is 5.32 Å². The monoisotopic (exact) mass is 414 g/mol. The van der Waals surface area contributed by atoms with Crippen molar-refractivity contribution in [2.24, 2.45) is 11.3 Å². The van der Waals surface area contributed by atoms with Crippen molar-refractivity contribution in [3.63, 3.8) is 0 Å². The first-order valence-corrected chi connectivity index (χ1v) is 10.4. The SMILES string of the molecule is CC(C)(C)C1CCC(OC(=O)Nc2ccc(NCc3ccc(F)cc3)nc2N)CC1. The smallest absolute Gasteiger partial charge is 0.412 e. The van der Waals surface area contributed by atoms with Crippen LogP contribution in [0.3, 0.4) is 0 Å². The topological polar surface area (TPSA) is 89.3 Å². The lowest BCUT2D eigenvalue weighted by molar-refractivity contribution is 0.0528. The number of halogens is 1. The molecule has 1 aromatic heterocycles. The van der Waals surface area contributed by atoms with Gasteiger partial charge in [0.05, 0.1) is 5.69 Å². The van der Waals surface area contributed by atoms with Crippen LogP contribution in [-0.4, -0.2) is 17.2 Å². The third-order valence-electron chi connectivity index (χ3n) is 5.72. The Morgan fingerprint density at radius 1 is 1.13 bits per heavy atom. The summed E-state index contributed by atoms with van der Waals surface area (Å²) in [6.45, 7) is 7.28. The highest BCUT2D eigenvalue weighted by Crippen LogP contribution is 2.38. The Morgan fingerprint density at radius 3 is 2.40 bits per heavy atom. The Bertz CT molecular complexity index is 856. The lowest BCUT2D eigenvalue weighted by Crippen LogP contribution is -2.31. The average Bonchev–Trinajstić information content (AvgIpc) is 2.69. The molecule has 0 atom stereocenters. The van der Waals surface area contributed by atoms with Crippen LogP contribution in [0.4, 0.5) is 26.5 Å². The summed E-state index contributed by atoms with van der Waals surface area (Å²) >= 11 is 0. The number of amides is 1. The van der Waals surface area contributed by atoms with Crippen LogP contribution in [0.25, 0.3) is 0 Å². The zero-order valence-electron chi connectivity index (χ0n) is 17.9. The number of nitrogens with two attached hydrogens (primary N) is 1. The van der Waals surface area contributed by atoms with E-state index >= 15 is 0 Å². The Hall–Kier alpha value is -2.83. The standard InChI is InChI=1S/C23H31FN4O2/c1-23(2,3)16-6-10-18(11-7-16)30-22(29)27-19-12-13-20(28-21(19)25)26-14-15-4-8-17(24)9-5-15/h4-5,8-9,12-13,16,18H,6-7,10-11,14H2,1-3H3,(H,27,29)(H3,25,26,28). The van der Waals surface area contributed by atoms with Gasteiger partial charge in [-0.25, -0.2) is 14.2 Å². The summed E-state index contributed by atoms with van der Waals surface area (Å²) in [5, 5.41) is 5.81. The molecule has 1 aliphatic carbocycles. The van der Waals surface area contributed by atoms with Gasteiger partial charge in [-0.05, 0) is 66.8 Å².